The number of hydrogen-bond acceptors (Lipinski definition) is 10. The number of pyridine rings is 1. The number of benzene rings is 3. The Hall–Kier alpha value is -6.20. The van der Waals surface area contributed by atoms with Crippen LogP contribution in [0, 0.1) is 39.5 Å². The number of allylic oxidation sites excluding steroid dienone is 1. The molecule has 2 fully saturated rings. The lowest BCUT2D eigenvalue weighted by Crippen LogP contribution is -2.35. The largest absolute Gasteiger partial charge is 0.490 e. The molecule has 60 heavy (non-hydrogen) atoms. The monoisotopic (exact) mass is 804 g/mol. The standard InChI is InChI=1S/C25H29N3O.C17H16N4O.C7H11NO/c1-19-3-7-21(8-4-19)17-28-13-11-22(12-14-28)18-29-24-15-26-25(27-16-24)23-9-5-20(2)6-10-23;1-10-14(9-20-17-16(10)18-5-6-22-17)12-3-4-13-8-19-11(2)21-15(13)7-12;1-5-3-4-6(2)8-7(5)9/h3-10,15-16,22H,11-14,17-18H2,1-2H3;3-4,7-9,18H,5-6H2,1-2H3;5H,2-4H2,1H3,(H,8,9). The Kier molecular flexibility index (Phi) is 13.8. The van der Waals surface area contributed by atoms with Crippen LogP contribution in [0.2, 0.25) is 0 Å². The van der Waals surface area contributed by atoms with E-state index in [1.54, 1.807) is 12.4 Å². The molecule has 6 heterocycles. The Bertz CT molecular complexity index is 2390. The summed E-state index contributed by atoms with van der Waals surface area (Å²) in [4.78, 5) is 35.5. The van der Waals surface area contributed by atoms with Crippen molar-refractivity contribution in [2.75, 3.05) is 38.2 Å². The van der Waals surface area contributed by atoms with Gasteiger partial charge in [-0.25, -0.2) is 24.9 Å². The molecule has 0 aliphatic carbocycles. The second kappa shape index (κ2) is 19.7. The molecule has 0 spiro atoms. The van der Waals surface area contributed by atoms with Crippen LogP contribution in [0.5, 0.6) is 11.6 Å². The number of ether oxygens (including phenoxy) is 2. The molecule has 3 aliphatic heterocycles. The van der Waals surface area contributed by atoms with Gasteiger partial charge < -0.3 is 20.1 Å². The first-order valence-electron chi connectivity index (χ1n) is 21.0. The number of nitrogens with one attached hydrogen (secondary N) is 2. The second-order valence-corrected chi connectivity index (χ2v) is 16.1. The lowest BCUT2D eigenvalue weighted by atomic mass is 9.97. The van der Waals surface area contributed by atoms with Crippen molar-refractivity contribution in [2.45, 2.75) is 66.8 Å². The molecule has 9 rings (SSSR count). The molecule has 11 heteroatoms. The maximum atomic E-state index is 10.8. The maximum absolute atomic E-state index is 10.8. The molecule has 0 radical (unpaired) electrons. The van der Waals surface area contributed by atoms with E-state index in [1.165, 1.54) is 29.5 Å². The molecular weight excluding hydrogens is 749 g/mol. The normalized spacial score (nSPS) is 16.5. The molecule has 1 amide bonds. The van der Waals surface area contributed by atoms with Gasteiger partial charge in [0.1, 0.15) is 18.1 Å². The number of carbonyl (C=O) groups is 1. The summed E-state index contributed by atoms with van der Waals surface area (Å²) in [6, 6.07) is 23.4. The predicted octanol–water partition coefficient (Wildman–Crippen LogP) is 9.21. The number of carbonyl (C=O) groups excluding carboxylic acids is 1. The lowest BCUT2D eigenvalue weighted by molar-refractivity contribution is -0.124. The number of piperidine rings is 2. The molecule has 2 N–H and O–H groups in total. The first kappa shape index (κ1) is 41.9. The molecule has 1 atom stereocenters. The van der Waals surface area contributed by atoms with Crippen LogP contribution in [0.3, 0.4) is 0 Å². The van der Waals surface area contributed by atoms with Crippen LogP contribution in [0.4, 0.5) is 5.69 Å². The third-order valence-corrected chi connectivity index (χ3v) is 11.2. The van der Waals surface area contributed by atoms with E-state index in [4.69, 9.17) is 9.47 Å². The molecule has 0 bridgehead atoms. The number of aryl methyl sites for hydroxylation is 3. The van der Waals surface area contributed by atoms with E-state index in [1.807, 2.05) is 32.3 Å². The Labute approximate surface area is 353 Å². The van der Waals surface area contributed by atoms with Crippen LogP contribution >= 0.6 is 0 Å². The Balaban J connectivity index is 0.000000154. The Morgan fingerprint density at radius 3 is 2.23 bits per heavy atom. The smallest absolute Gasteiger partial charge is 0.237 e. The molecule has 1 unspecified atom stereocenters. The van der Waals surface area contributed by atoms with Crippen molar-refractivity contribution in [3.63, 3.8) is 0 Å². The van der Waals surface area contributed by atoms with E-state index in [0.717, 1.165) is 108 Å². The second-order valence-electron chi connectivity index (χ2n) is 16.1. The van der Waals surface area contributed by atoms with Crippen LogP contribution in [0.25, 0.3) is 33.4 Å². The number of aromatic nitrogens is 5. The van der Waals surface area contributed by atoms with Gasteiger partial charge in [0, 0.05) is 53.6 Å². The van der Waals surface area contributed by atoms with Gasteiger partial charge in [-0.1, -0.05) is 85.3 Å². The summed E-state index contributed by atoms with van der Waals surface area (Å²) in [5.41, 5.74) is 11.1. The molecule has 310 valence electrons. The summed E-state index contributed by atoms with van der Waals surface area (Å²) in [5, 5.41) is 7.11. The van der Waals surface area contributed by atoms with Crippen molar-refractivity contribution >= 4 is 22.5 Å². The molecule has 3 aliphatic rings. The number of anilines is 1. The van der Waals surface area contributed by atoms with Crippen LogP contribution in [-0.4, -0.2) is 68.6 Å². The van der Waals surface area contributed by atoms with Crippen molar-refractivity contribution in [1.29, 1.82) is 0 Å². The van der Waals surface area contributed by atoms with Crippen LogP contribution in [0.1, 0.15) is 60.7 Å². The fraction of sp³-hybridized carbons (Fsp3) is 0.347. The van der Waals surface area contributed by atoms with Gasteiger partial charge >= 0.3 is 0 Å². The summed E-state index contributed by atoms with van der Waals surface area (Å²) in [6.45, 7) is 19.3. The van der Waals surface area contributed by atoms with Gasteiger partial charge in [-0.05, 0) is 95.1 Å². The molecule has 11 nitrogen and oxygen atoms in total. The van der Waals surface area contributed by atoms with Crippen molar-refractivity contribution < 1.29 is 14.3 Å². The average Bonchev–Trinajstić information content (AvgIpc) is 3.26. The zero-order valence-corrected chi connectivity index (χ0v) is 35.5. The average molecular weight is 805 g/mol. The van der Waals surface area contributed by atoms with Gasteiger partial charge in [0.05, 0.1) is 24.5 Å². The molecule has 3 aromatic carbocycles. The zero-order chi connectivity index (χ0) is 42.0. The third-order valence-electron chi connectivity index (χ3n) is 11.2. The first-order chi connectivity index (χ1) is 29.1. The number of rotatable bonds is 7. The summed E-state index contributed by atoms with van der Waals surface area (Å²) in [5.74, 6) is 3.85. The van der Waals surface area contributed by atoms with Crippen LogP contribution in [0.15, 0.2) is 104 Å². The topological polar surface area (TPSA) is 127 Å². The highest BCUT2D eigenvalue weighted by atomic mass is 16.5. The lowest BCUT2D eigenvalue weighted by Gasteiger charge is -2.31. The van der Waals surface area contributed by atoms with E-state index in [9.17, 15) is 4.79 Å². The van der Waals surface area contributed by atoms with E-state index < -0.39 is 0 Å². The first-order valence-corrected chi connectivity index (χ1v) is 21.0. The van der Waals surface area contributed by atoms with Crippen LogP contribution in [-0.2, 0) is 11.3 Å². The summed E-state index contributed by atoms with van der Waals surface area (Å²) in [7, 11) is 0. The van der Waals surface area contributed by atoms with Gasteiger partial charge in [0.25, 0.3) is 0 Å². The van der Waals surface area contributed by atoms with Gasteiger partial charge in [-0.3, -0.25) is 9.69 Å². The van der Waals surface area contributed by atoms with Gasteiger partial charge in [-0.2, -0.15) is 0 Å². The number of fused-ring (bicyclic) bond motifs is 2. The molecular formula is C49H56N8O3. The molecule has 0 saturated carbocycles. The highest BCUT2D eigenvalue weighted by Gasteiger charge is 2.21. The Morgan fingerprint density at radius 2 is 1.53 bits per heavy atom. The quantitative estimate of drug-likeness (QED) is 0.161. The van der Waals surface area contributed by atoms with Gasteiger partial charge in [0.15, 0.2) is 11.6 Å². The van der Waals surface area contributed by atoms with Crippen molar-refractivity contribution in [1.82, 2.24) is 35.1 Å². The Morgan fingerprint density at radius 1 is 0.833 bits per heavy atom. The van der Waals surface area contributed by atoms with Gasteiger partial charge in [-0.15, -0.1) is 0 Å². The highest BCUT2D eigenvalue weighted by Crippen LogP contribution is 2.36. The van der Waals surface area contributed by atoms with E-state index in [-0.39, 0.29) is 11.8 Å². The fourth-order valence-electron chi connectivity index (χ4n) is 7.40. The third kappa shape index (κ3) is 11.1. The number of hydrogen-bond donors (Lipinski definition) is 2. The van der Waals surface area contributed by atoms with Crippen molar-refractivity contribution in [2.24, 2.45) is 11.8 Å². The predicted molar refractivity (Wildman–Crippen MR) is 239 cm³/mol. The van der Waals surface area contributed by atoms with E-state index in [0.29, 0.717) is 18.4 Å². The summed E-state index contributed by atoms with van der Waals surface area (Å²) >= 11 is 0. The van der Waals surface area contributed by atoms with Crippen molar-refractivity contribution in [3.05, 3.63) is 132 Å². The summed E-state index contributed by atoms with van der Waals surface area (Å²) < 4.78 is 11.6. The number of amides is 1. The SMILES string of the molecule is C=C1CCC(C)C(=O)N1.Cc1ccc(CN2CCC(COc3cnc(-c4ccc(C)cc4)nc3)CC2)cc1.Cc1ncc2ccc(-c3cnc4c(c3C)NCCO4)cc2n1. The number of nitrogens with zero attached hydrogens (tertiary/aromatic N) is 6. The van der Waals surface area contributed by atoms with Crippen molar-refractivity contribution in [3.8, 4) is 34.1 Å². The molecule has 6 aromatic rings. The highest BCUT2D eigenvalue weighted by molar-refractivity contribution is 5.86. The maximum Gasteiger partial charge on any atom is 0.237 e. The molecule has 3 aromatic heterocycles. The van der Waals surface area contributed by atoms with E-state index in [2.05, 4.69) is 128 Å². The minimum atomic E-state index is 0.117. The number of likely N-dealkylation sites (tertiary alicyclic amines) is 1. The zero-order valence-electron chi connectivity index (χ0n) is 35.5. The minimum Gasteiger partial charge on any atom is -0.490 e. The minimum absolute atomic E-state index is 0.117. The van der Waals surface area contributed by atoms with Crippen LogP contribution < -0.4 is 20.1 Å². The molecule has 2 saturated heterocycles. The summed E-state index contributed by atoms with van der Waals surface area (Å²) in [6.07, 6.45) is 11.5. The van der Waals surface area contributed by atoms with E-state index >= 15 is 0 Å². The fourth-order valence-corrected chi connectivity index (χ4v) is 7.40. The van der Waals surface area contributed by atoms with Gasteiger partial charge in [0.2, 0.25) is 11.8 Å².